The van der Waals surface area contributed by atoms with Gasteiger partial charge in [0.1, 0.15) is 5.75 Å². The third-order valence-electron chi connectivity index (χ3n) is 4.70. The van der Waals surface area contributed by atoms with Crippen LogP contribution >= 0.6 is 0 Å². The third kappa shape index (κ3) is 3.98. The maximum Gasteiger partial charge on any atom is 0.343 e. The third-order valence-corrected chi connectivity index (χ3v) is 4.70. The fourth-order valence-electron chi connectivity index (χ4n) is 3.51. The average Bonchev–Trinajstić information content (AvgIpc) is 2.99. The van der Waals surface area contributed by atoms with Crippen LogP contribution in [-0.4, -0.2) is 25.6 Å². The van der Waals surface area contributed by atoms with Crippen molar-refractivity contribution in [3.05, 3.63) is 70.8 Å². The van der Waals surface area contributed by atoms with E-state index in [-0.39, 0.29) is 13.0 Å². The zero-order chi connectivity index (χ0) is 20.1. The number of carbonyl (C=O) groups is 2. The summed E-state index contributed by atoms with van der Waals surface area (Å²) >= 11 is 0. The Balaban J connectivity index is 2.15. The molecule has 0 fully saturated rings. The number of esters is 1. The Morgan fingerprint density at radius 1 is 1.04 bits per heavy atom. The molecule has 0 bridgehead atoms. The van der Waals surface area contributed by atoms with E-state index in [1.165, 1.54) is 7.11 Å². The first-order chi connectivity index (χ1) is 13.5. The van der Waals surface area contributed by atoms with E-state index in [0.29, 0.717) is 5.75 Å². The molecule has 3 rings (SSSR count). The first-order valence-corrected chi connectivity index (χ1v) is 9.16. The largest absolute Gasteiger partial charge is 0.481 e. The van der Waals surface area contributed by atoms with Gasteiger partial charge in [-0.05, 0) is 46.4 Å². The van der Waals surface area contributed by atoms with Crippen molar-refractivity contribution in [2.45, 2.75) is 19.8 Å². The lowest BCUT2D eigenvalue weighted by Gasteiger charge is -2.12. The first kappa shape index (κ1) is 19.4. The van der Waals surface area contributed by atoms with Crippen LogP contribution in [-0.2, 0) is 14.3 Å². The minimum absolute atomic E-state index is 0.112. The number of nitrogens with two attached hydrogens (primary N) is 1. The summed E-state index contributed by atoms with van der Waals surface area (Å²) in [7, 11) is 1.31. The molecule has 1 aliphatic carbocycles. The molecular weight excluding hydrogens is 354 g/mol. The van der Waals surface area contributed by atoms with Gasteiger partial charge in [0, 0.05) is 5.56 Å². The van der Waals surface area contributed by atoms with E-state index in [2.05, 4.69) is 17.7 Å². The van der Waals surface area contributed by atoms with Gasteiger partial charge in [-0.2, -0.15) is 0 Å². The van der Waals surface area contributed by atoms with E-state index >= 15 is 0 Å². The molecule has 0 aliphatic heterocycles. The molecule has 144 valence electrons. The number of ether oxygens (including phenoxy) is 2. The average molecular weight is 377 g/mol. The molecule has 0 spiro atoms. The molecule has 2 aromatic carbocycles. The van der Waals surface area contributed by atoms with E-state index in [9.17, 15) is 9.59 Å². The summed E-state index contributed by atoms with van der Waals surface area (Å²) in [6.45, 7) is 1.85. The minimum atomic E-state index is -0.466. The molecule has 5 nitrogen and oxygen atoms in total. The maximum atomic E-state index is 11.8. The Morgan fingerprint density at radius 3 is 2.43 bits per heavy atom. The van der Waals surface area contributed by atoms with Crippen molar-refractivity contribution in [3.63, 3.8) is 0 Å². The fourth-order valence-corrected chi connectivity index (χ4v) is 3.51. The summed E-state index contributed by atoms with van der Waals surface area (Å²) in [6.07, 6.45) is 2.96. The highest BCUT2D eigenvalue weighted by atomic mass is 16.6. The second-order valence-electron chi connectivity index (χ2n) is 6.47. The van der Waals surface area contributed by atoms with Gasteiger partial charge in [-0.15, -0.1) is 0 Å². The monoisotopic (exact) mass is 377 g/mol. The van der Waals surface area contributed by atoms with Crippen molar-refractivity contribution < 1.29 is 19.1 Å². The van der Waals surface area contributed by atoms with E-state index in [1.807, 2.05) is 42.5 Å². The number of methoxy groups -OCH3 is 1. The van der Waals surface area contributed by atoms with Crippen molar-refractivity contribution in [1.82, 2.24) is 0 Å². The Kier molecular flexibility index (Phi) is 5.94. The van der Waals surface area contributed by atoms with Gasteiger partial charge in [-0.1, -0.05) is 49.4 Å². The van der Waals surface area contributed by atoms with Crippen LogP contribution in [0.4, 0.5) is 0 Å². The molecule has 1 aliphatic rings. The Hall–Kier alpha value is -3.34. The number of benzene rings is 2. The number of fused-ring (bicyclic) bond motifs is 1. The van der Waals surface area contributed by atoms with E-state index in [1.54, 1.807) is 6.07 Å². The van der Waals surface area contributed by atoms with Crippen LogP contribution in [0.15, 0.2) is 54.1 Å². The van der Waals surface area contributed by atoms with Gasteiger partial charge in [-0.3, -0.25) is 4.79 Å². The summed E-state index contributed by atoms with van der Waals surface area (Å²) in [4.78, 5) is 23.3. The molecule has 0 unspecified atom stereocenters. The number of rotatable bonds is 7. The van der Waals surface area contributed by atoms with Crippen LogP contribution in [0.1, 0.15) is 36.5 Å². The van der Waals surface area contributed by atoms with Crippen LogP contribution in [0.5, 0.6) is 5.75 Å². The van der Waals surface area contributed by atoms with Gasteiger partial charge in [0.05, 0.1) is 13.5 Å². The summed E-state index contributed by atoms with van der Waals surface area (Å²) in [6, 6.07) is 15.7. The summed E-state index contributed by atoms with van der Waals surface area (Å²) in [5.74, 6) is -0.330. The zero-order valence-corrected chi connectivity index (χ0v) is 16.0. The van der Waals surface area contributed by atoms with E-state index in [4.69, 9.17) is 10.5 Å². The minimum Gasteiger partial charge on any atom is -0.481 e. The molecule has 0 saturated heterocycles. The number of allylic oxidation sites excluding steroid dienone is 2. The lowest BCUT2D eigenvalue weighted by molar-refractivity contribution is -0.142. The molecule has 2 N–H and O–H groups in total. The quantitative estimate of drug-likeness (QED) is 0.744. The summed E-state index contributed by atoms with van der Waals surface area (Å²) in [5, 5.41) is 0. The smallest absolute Gasteiger partial charge is 0.343 e. The Morgan fingerprint density at radius 2 is 1.79 bits per heavy atom. The van der Waals surface area contributed by atoms with Crippen molar-refractivity contribution in [2.24, 2.45) is 5.73 Å². The molecule has 5 heteroatoms. The molecule has 0 aromatic heterocycles. The number of carbonyl (C=O) groups excluding carboxylic acids is 2. The molecule has 0 atom stereocenters. The molecule has 28 heavy (non-hydrogen) atoms. The predicted molar refractivity (Wildman–Crippen MR) is 109 cm³/mol. The highest BCUT2D eigenvalue weighted by Crippen LogP contribution is 2.48. The van der Waals surface area contributed by atoms with Crippen LogP contribution < -0.4 is 10.5 Å². The van der Waals surface area contributed by atoms with Crippen molar-refractivity contribution in [1.29, 1.82) is 0 Å². The van der Waals surface area contributed by atoms with Gasteiger partial charge in [-0.25, -0.2) is 4.79 Å². The normalized spacial score (nSPS) is 14.1. The highest BCUT2D eigenvalue weighted by Gasteiger charge is 2.29. The highest BCUT2D eigenvalue weighted by molar-refractivity contribution is 6.09. The van der Waals surface area contributed by atoms with Crippen molar-refractivity contribution in [2.75, 3.05) is 13.7 Å². The number of amides is 1. The molecule has 1 amide bonds. The number of primary amides is 1. The molecular formula is C23H23NO4. The maximum absolute atomic E-state index is 11.8. The Labute approximate surface area is 164 Å². The fraction of sp³-hybridized carbons (Fsp3) is 0.217. The van der Waals surface area contributed by atoms with Crippen LogP contribution in [0, 0.1) is 0 Å². The van der Waals surface area contributed by atoms with Crippen molar-refractivity contribution >= 4 is 29.1 Å². The van der Waals surface area contributed by atoms with E-state index < -0.39 is 11.9 Å². The zero-order valence-electron chi connectivity index (χ0n) is 16.0. The lowest BCUT2D eigenvalue weighted by atomic mass is 9.98. The molecule has 0 radical (unpaired) electrons. The van der Waals surface area contributed by atoms with Gasteiger partial charge in [0.2, 0.25) is 5.91 Å². The van der Waals surface area contributed by atoms with E-state index in [0.717, 1.165) is 39.8 Å². The SMILES string of the molecule is CCC1=C(CC(N)=O)c2c(OCC(=O)OC)cccc2C1=Cc1ccccc1. The first-order valence-electron chi connectivity index (χ1n) is 9.16. The predicted octanol–water partition coefficient (Wildman–Crippen LogP) is 3.83. The lowest BCUT2D eigenvalue weighted by Crippen LogP contribution is -2.14. The van der Waals surface area contributed by atoms with Crippen LogP contribution in [0.2, 0.25) is 0 Å². The second-order valence-corrected chi connectivity index (χ2v) is 6.47. The van der Waals surface area contributed by atoms with Gasteiger partial charge >= 0.3 is 5.97 Å². The number of hydrogen-bond acceptors (Lipinski definition) is 4. The van der Waals surface area contributed by atoms with Gasteiger partial charge < -0.3 is 15.2 Å². The van der Waals surface area contributed by atoms with Crippen LogP contribution in [0.25, 0.3) is 17.2 Å². The molecule has 0 heterocycles. The summed E-state index contributed by atoms with van der Waals surface area (Å²) < 4.78 is 10.4. The standard InChI is InChI=1S/C23H23NO4/c1-3-16-18(12-15-8-5-4-6-9-15)17-10-7-11-20(28-14-22(26)27-2)23(17)19(16)13-21(24)25/h4-12H,3,13-14H2,1-2H3,(H2,24,25). The van der Waals surface area contributed by atoms with Gasteiger partial charge in [0.15, 0.2) is 6.61 Å². The molecule has 2 aromatic rings. The van der Waals surface area contributed by atoms with Gasteiger partial charge in [0.25, 0.3) is 0 Å². The Bertz CT molecular complexity index is 958. The van der Waals surface area contributed by atoms with Crippen molar-refractivity contribution in [3.8, 4) is 5.75 Å². The number of hydrogen-bond donors (Lipinski definition) is 1. The molecule has 0 saturated carbocycles. The topological polar surface area (TPSA) is 78.6 Å². The summed E-state index contributed by atoms with van der Waals surface area (Å²) in [5.41, 5.74) is 11.4. The van der Waals surface area contributed by atoms with Crippen LogP contribution in [0.3, 0.4) is 0 Å². The second kappa shape index (κ2) is 8.57.